The zero-order chi connectivity index (χ0) is 18.5. The molecule has 0 saturated carbocycles. The number of carbonyl (C=O) groups excluding carboxylic acids is 1. The Balaban J connectivity index is 0.000000185. The highest BCUT2D eigenvalue weighted by atomic mass is 32.1. The topological polar surface area (TPSA) is 97.0 Å². The molecule has 26 heavy (non-hydrogen) atoms. The molecule has 3 aromatic rings. The number of rotatable bonds is 2. The van der Waals surface area contributed by atoms with Crippen LogP contribution in [0.25, 0.3) is 10.2 Å². The van der Waals surface area contributed by atoms with Crippen LogP contribution in [-0.2, 0) is 4.79 Å². The number of fused-ring (bicyclic) bond motifs is 1. The van der Waals surface area contributed by atoms with Gasteiger partial charge in [0.25, 0.3) is 5.91 Å². The Hall–Kier alpha value is -2.70. The Morgan fingerprint density at radius 2 is 2.15 bits per heavy atom. The molecule has 1 amide bonds. The van der Waals surface area contributed by atoms with E-state index in [1.54, 1.807) is 16.2 Å². The molecule has 3 N–H and O–H groups in total. The summed E-state index contributed by atoms with van der Waals surface area (Å²) in [5, 5.41) is 5.97. The Morgan fingerprint density at radius 3 is 2.81 bits per heavy atom. The maximum atomic E-state index is 10.7. The second-order valence-corrected chi connectivity index (χ2v) is 7.39. The van der Waals surface area contributed by atoms with Crippen LogP contribution in [-0.4, -0.2) is 38.2 Å². The number of carbonyl (C=O) groups is 1. The van der Waals surface area contributed by atoms with Crippen LogP contribution in [0.15, 0.2) is 17.5 Å². The molecule has 134 valence electrons. The molecule has 4 rings (SSSR count). The maximum Gasteiger partial charge on any atom is 0.298 e. The van der Waals surface area contributed by atoms with Gasteiger partial charge in [-0.25, -0.2) is 4.98 Å². The van der Waals surface area contributed by atoms with E-state index < -0.39 is 0 Å². The van der Waals surface area contributed by atoms with Crippen LogP contribution >= 0.6 is 22.9 Å². The SMILES string of the molecule is C#CC(=O)N1CCCC1.Cc1cc(Nc2nc(N)c3sccc3n2)sn1. The number of likely N-dealkylation sites (tertiary alicyclic amines) is 1. The summed E-state index contributed by atoms with van der Waals surface area (Å²) in [5.74, 6) is 2.95. The standard InChI is InChI=1S/C10H9N5S2.C7H9NO/c1-5-4-7(17-15-5)13-10-12-6-2-3-16-8(6)9(11)14-10;1-2-7(9)8-5-3-4-6-8/h2-4H,1H3,(H3,11,12,13,14);1H,3-6H2. The summed E-state index contributed by atoms with van der Waals surface area (Å²) in [7, 11) is 0. The van der Waals surface area contributed by atoms with E-state index in [1.165, 1.54) is 11.5 Å². The van der Waals surface area contributed by atoms with Gasteiger partial charge in [0, 0.05) is 13.1 Å². The fraction of sp³-hybridized carbons (Fsp3) is 0.294. The predicted octanol–water partition coefficient (Wildman–Crippen LogP) is 3.02. The van der Waals surface area contributed by atoms with Gasteiger partial charge in [0.2, 0.25) is 5.95 Å². The largest absolute Gasteiger partial charge is 0.382 e. The molecular weight excluding hydrogens is 368 g/mol. The lowest BCUT2D eigenvalue weighted by atomic mass is 10.4. The summed E-state index contributed by atoms with van der Waals surface area (Å²) in [5.41, 5.74) is 7.71. The molecule has 0 bridgehead atoms. The van der Waals surface area contributed by atoms with Crippen LogP contribution in [0.1, 0.15) is 18.5 Å². The molecule has 1 aliphatic rings. The number of amides is 1. The number of anilines is 3. The maximum absolute atomic E-state index is 10.7. The average molecular weight is 387 g/mol. The lowest BCUT2D eigenvalue weighted by Crippen LogP contribution is -2.25. The number of nitrogens with two attached hydrogens (primary N) is 1. The minimum Gasteiger partial charge on any atom is -0.382 e. The fourth-order valence-electron chi connectivity index (χ4n) is 2.49. The van der Waals surface area contributed by atoms with Crippen molar-refractivity contribution in [1.82, 2.24) is 19.2 Å². The normalized spacial score (nSPS) is 13.2. The summed E-state index contributed by atoms with van der Waals surface area (Å²) < 4.78 is 5.11. The highest BCUT2D eigenvalue weighted by Gasteiger charge is 2.14. The number of nitrogens with one attached hydrogen (secondary N) is 1. The molecule has 1 fully saturated rings. The quantitative estimate of drug-likeness (QED) is 0.657. The Morgan fingerprint density at radius 1 is 1.38 bits per heavy atom. The second-order valence-electron chi connectivity index (χ2n) is 5.67. The van der Waals surface area contributed by atoms with Gasteiger partial charge in [0.1, 0.15) is 10.8 Å². The van der Waals surface area contributed by atoms with Gasteiger partial charge in [0.05, 0.1) is 15.9 Å². The van der Waals surface area contributed by atoms with Crippen LogP contribution < -0.4 is 11.1 Å². The smallest absolute Gasteiger partial charge is 0.298 e. The Bertz CT molecular complexity index is 952. The van der Waals surface area contributed by atoms with Gasteiger partial charge in [-0.15, -0.1) is 17.8 Å². The number of thiophene rings is 1. The van der Waals surface area contributed by atoms with Crippen molar-refractivity contribution in [3.8, 4) is 12.3 Å². The first-order valence-corrected chi connectivity index (χ1v) is 9.68. The van der Waals surface area contributed by atoms with Crippen molar-refractivity contribution in [2.45, 2.75) is 19.8 Å². The van der Waals surface area contributed by atoms with Gasteiger partial charge in [-0.2, -0.15) is 9.36 Å². The van der Waals surface area contributed by atoms with E-state index in [4.69, 9.17) is 12.2 Å². The number of hydrogen-bond acceptors (Lipinski definition) is 8. The van der Waals surface area contributed by atoms with Gasteiger partial charge in [-0.1, -0.05) is 0 Å². The number of aromatic nitrogens is 3. The van der Waals surface area contributed by atoms with E-state index in [1.807, 2.05) is 24.4 Å². The summed E-state index contributed by atoms with van der Waals surface area (Å²) in [6, 6.07) is 3.88. The van der Waals surface area contributed by atoms with E-state index in [2.05, 4.69) is 25.6 Å². The van der Waals surface area contributed by atoms with Crippen molar-refractivity contribution in [2.24, 2.45) is 0 Å². The lowest BCUT2D eigenvalue weighted by Gasteiger charge is -2.08. The molecular formula is C17H18N6OS2. The molecule has 0 radical (unpaired) electrons. The average Bonchev–Trinajstić information content (AvgIpc) is 3.36. The van der Waals surface area contributed by atoms with Crippen molar-refractivity contribution in [3.05, 3.63) is 23.2 Å². The number of nitrogens with zero attached hydrogens (tertiary/aromatic N) is 4. The zero-order valence-electron chi connectivity index (χ0n) is 14.2. The van der Waals surface area contributed by atoms with Crippen molar-refractivity contribution in [2.75, 3.05) is 24.1 Å². The number of hydrogen-bond donors (Lipinski definition) is 2. The van der Waals surface area contributed by atoms with E-state index in [9.17, 15) is 4.79 Å². The predicted molar refractivity (Wildman–Crippen MR) is 107 cm³/mol. The molecule has 1 saturated heterocycles. The molecule has 0 spiro atoms. The molecule has 0 aromatic carbocycles. The van der Waals surface area contributed by atoms with Gasteiger partial charge in [-0.3, -0.25) is 4.79 Å². The monoisotopic (exact) mass is 386 g/mol. The summed E-state index contributed by atoms with van der Waals surface area (Å²) in [6.07, 6.45) is 7.12. The molecule has 4 heterocycles. The number of nitrogen functional groups attached to an aromatic ring is 1. The second kappa shape index (κ2) is 8.12. The molecule has 0 unspecified atom stereocenters. The van der Waals surface area contributed by atoms with Gasteiger partial charge in [-0.05, 0) is 54.7 Å². The third-order valence-electron chi connectivity index (χ3n) is 3.71. The molecule has 1 aliphatic heterocycles. The first-order chi connectivity index (χ1) is 12.6. The first-order valence-electron chi connectivity index (χ1n) is 8.03. The van der Waals surface area contributed by atoms with Gasteiger partial charge >= 0.3 is 0 Å². The number of aryl methyl sites for hydroxylation is 1. The van der Waals surface area contributed by atoms with Gasteiger partial charge in [0.15, 0.2) is 0 Å². The van der Waals surface area contributed by atoms with Crippen molar-refractivity contribution in [1.29, 1.82) is 0 Å². The molecule has 3 aromatic heterocycles. The van der Waals surface area contributed by atoms with Crippen LogP contribution in [0, 0.1) is 19.3 Å². The van der Waals surface area contributed by atoms with Crippen molar-refractivity contribution < 1.29 is 4.79 Å². The molecule has 0 aliphatic carbocycles. The minimum absolute atomic E-state index is 0.160. The van der Waals surface area contributed by atoms with Crippen LogP contribution in [0.2, 0.25) is 0 Å². The first kappa shape index (κ1) is 18.1. The summed E-state index contributed by atoms with van der Waals surface area (Å²) >= 11 is 2.92. The number of terminal acetylenes is 1. The van der Waals surface area contributed by atoms with Crippen LogP contribution in [0.5, 0.6) is 0 Å². The Kier molecular flexibility index (Phi) is 5.65. The molecule has 7 nitrogen and oxygen atoms in total. The molecule has 9 heteroatoms. The van der Waals surface area contributed by atoms with Crippen LogP contribution in [0.3, 0.4) is 0 Å². The lowest BCUT2D eigenvalue weighted by molar-refractivity contribution is -0.124. The minimum atomic E-state index is -0.160. The van der Waals surface area contributed by atoms with Gasteiger partial charge < -0.3 is 16.0 Å². The van der Waals surface area contributed by atoms with E-state index in [0.717, 1.165) is 46.8 Å². The highest BCUT2D eigenvalue weighted by Crippen LogP contribution is 2.27. The van der Waals surface area contributed by atoms with E-state index in [0.29, 0.717) is 11.8 Å². The van der Waals surface area contributed by atoms with Crippen molar-refractivity contribution in [3.63, 3.8) is 0 Å². The Labute approximate surface area is 159 Å². The van der Waals surface area contributed by atoms with Crippen LogP contribution in [0.4, 0.5) is 16.8 Å². The van der Waals surface area contributed by atoms with E-state index in [-0.39, 0.29) is 5.91 Å². The third kappa shape index (κ3) is 4.28. The van der Waals surface area contributed by atoms with Crippen molar-refractivity contribution >= 4 is 55.8 Å². The van der Waals surface area contributed by atoms with E-state index >= 15 is 0 Å². The third-order valence-corrected chi connectivity index (χ3v) is 5.43. The zero-order valence-corrected chi connectivity index (χ0v) is 15.9. The molecule has 0 atom stereocenters. The fourth-order valence-corrected chi connectivity index (χ4v) is 3.88. The summed E-state index contributed by atoms with van der Waals surface area (Å²) in [4.78, 5) is 21.0. The highest BCUT2D eigenvalue weighted by molar-refractivity contribution is 7.17. The summed E-state index contributed by atoms with van der Waals surface area (Å²) in [6.45, 7) is 3.64.